The van der Waals surface area contributed by atoms with Crippen molar-refractivity contribution in [2.45, 2.75) is 52.5 Å². The lowest BCUT2D eigenvalue weighted by molar-refractivity contribution is -0.384. The minimum absolute atomic E-state index is 0.189. The number of fused-ring (bicyclic) bond motifs is 1. The highest BCUT2D eigenvalue weighted by Crippen LogP contribution is 2.35. The third kappa shape index (κ3) is 5.98. The molecule has 4 aromatic rings. The molecule has 0 unspecified atom stereocenters. The van der Waals surface area contributed by atoms with Crippen LogP contribution in [-0.4, -0.2) is 22.1 Å². The highest BCUT2D eigenvalue weighted by atomic mass is 35.5. The summed E-state index contributed by atoms with van der Waals surface area (Å²) in [5.74, 6) is 0.419. The quantitative estimate of drug-likeness (QED) is 0.120. The average Bonchev–Trinajstić information content (AvgIpc) is 3.56. The van der Waals surface area contributed by atoms with Crippen molar-refractivity contribution in [2.75, 3.05) is 6.61 Å². The van der Waals surface area contributed by atoms with Crippen LogP contribution >= 0.6 is 22.9 Å². The number of hydrogen-bond acceptors (Lipinski definition) is 8. The van der Waals surface area contributed by atoms with Crippen molar-refractivity contribution in [2.24, 2.45) is 4.99 Å². The van der Waals surface area contributed by atoms with Gasteiger partial charge in [0.15, 0.2) is 4.80 Å². The normalized spacial score (nSPS) is 15.0. The molecule has 0 saturated carbocycles. The first-order valence-corrected chi connectivity index (χ1v) is 15.2. The van der Waals surface area contributed by atoms with Gasteiger partial charge in [0.25, 0.3) is 11.2 Å². The summed E-state index contributed by atoms with van der Waals surface area (Å²) >= 11 is 7.16. The molecule has 0 amide bonds. The van der Waals surface area contributed by atoms with Gasteiger partial charge < -0.3 is 9.15 Å². The maximum Gasteiger partial charge on any atom is 0.338 e. The number of aromatic nitrogens is 1. The van der Waals surface area contributed by atoms with Crippen molar-refractivity contribution in [1.29, 1.82) is 0 Å². The second kappa shape index (κ2) is 12.5. The van der Waals surface area contributed by atoms with E-state index in [4.69, 9.17) is 25.7 Å². The monoisotopic (exact) mass is 619 g/mol. The Balaban J connectivity index is 1.66. The van der Waals surface area contributed by atoms with Gasteiger partial charge in [-0.25, -0.2) is 9.79 Å². The molecule has 0 N–H and O–H groups in total. The largest absolute Gasteiger partial charge is 0.463 e. The van der Waals surface area contributed by atoms with Crippen LogP contribution < -0.4 is 14.9 Å². The van der Waals surface area contributed by atoms with Crippen LogP contribution in [0.2, 0.25) is 5.02 Å². The number of benzene rings is 2. The van der Waals surface area contributed by atoms with Crippen LogP contribution in [0.5, 0.6) is 0 Å². The standard InChI is InChI=1S/C32H30ClN3O6S/c1-5-7-24-28(31(38)41-6-2)29(20-10-8-19(9-11-20)18(3)4)35-30(37)27(43-32(35)34-24)17-22-13-15-26(42-22)23-14-12-21(33)16-25(23)36(39)40/h8-18,29H,5-7H2,1-4H3/b27-17-/t29-/m0/s1. The number of furan rings is 1. The molecule has 11 heteroatoms. The van der Waals surface area contributed by atoms with E-state index in [0.29, 0.717) is 38.7 Å². The Morgan fingerprint density at radius 2 is 1.93 bits per heavy atom. The van der Waals surface area contributed by atoms with Gasteiger partial charge in [0.1, 0.15) is 11.5 Å². The van der Waals surface area contributed by atoms with Crippen LogP contribution in [0.1, 0.15) is 69.4 Å². The van der Waals surface area contributed by atoms with Gasteiger partial charge in [0, 0.05) is 17.2 Å². The van der Waals surface area contributed by atoms with Crippen molar-refractivity contribution in [3.05, 3.63) is 118 Å². The SMILES string of the molecule is CCCC1=C(C(=O)OCC)[C@H](c2ccc(C(C)C)cc2)n2c(s/c(=C\c3ccc(-c4ccc(Cl)cc4[N+](=O)[O-])o3)c2=O)=N1. The molecule has 0 aliphatic carbocycles. The molecule has 43 heavy (non-hydrogen) atoms. The van der Waals surface area contributed by atoms with Crippen molar-refractivity contribution in [1.82, 2.24) is 4.57 Å². The van der Waals surface area contributed by atoms with Gasteiger partial charge >= 0.3 is 5.97 Å². The number of ether oxygens (including phenoxy) is 1. The molecule has 5 rings (SSSR count). The van der Waals surface area contributed by atoms with E-state index < -0.39 is 16.9 Å². The predicted molar refractivity (Wildman–Crippen MR) is 166 cm³/mol. The van der Waals surface area contributed by atoms with Crippen LogP contribution in [-0.2, 0) is 9.53 Å². The number of nitrogens with zero attached hydrogens (tertiary/aromatic N) is 3. The number of esters is 1. The zero-order chi connectivity index (χ0) is 30.8. The minimum atomic E-state index is -0.718. The summed E-state index contributed by atoms with van der Waals surface area (Å²) in [7, 11) is 0. The van der Waals surface area contributed by atoms with E-state index in [1.54, 1.807) is 35.8 Å². The van der Waals surface area contributed by atoms with Gasteiger partial charge in [-0.05, 0) is 54.7 Å². The van der Waals surface area contributed by atoms with Crippen LogP contribution in [0, 0.1) is 10.1 Å². The zero-order valence-corrected chi connectivity index (χ0v) is 25.7. The van der Waals surface area contributed by atoms with Gasteiger partial charge in [-0.2, -0.15) is 0 Å². The van der Waals surface area contributed by atoms with Crippen LogP contribution in [0.25, 0.3) is 17.4 Å². The van der Waals surface area contributed by atoms with Crippen LogP contribution in [0.15, 0.2) is 80.1 Å². The molecule has 2 aromatic carbocycles. The number of thiazole rings is 1. The van der Waals surface area contributed by atoms with E-state index in [1.807, 2.05) is 31.2 Å². The fourth-order valence-electron chi connectivity index (χ4n) is 5.07. The number of carbonyl (C=O) groups is 1. The summed E-state index contributed by atoms with van der Waals surface area (Å²) in [5.41, 5.74) is 2.61. The van der Waals surface area contributed by atoms with Crippen LogP contribution in [0.4, 0.5) is 5.69 Å². The molecule has 0 radical (unpaired) electrons. The Hall–Kier alpha value is -4.28. The lowest BCUT2D eigenvalue weighted by Crippen LogP contribution is -2.40. The molecule has 222 valence electrons. The topological polar surface area (TPSA) is 117 Å². The van der Waals surface area contributed by atoms with Crippen molar-refractivity contribution < 1.29 is 18.9 Å². The number of nitro benzene ring substituents is 1. The summed E-state index contributed by atoms with van der Waals surface area (Å²) in [6, 6.07) is 14.8. The Morgan fingerprint density at radius 3 is 2.58 bits per heavy atom. The summed E-state index contributed by atoms with van der Waals surface area (Å²) in [6.45, 7) is 8.15. The molecule has 0 bridgehead atoms. The van der Waals surface area contributed by atoms with Gasteiger partial charge in [0.2, 0.25) is 0 Å². The second-order valence-corrected chi connectivity index (χ2v) is 11.8. The third-order valence-corrected chi connectivity index (χ3v) is 8.35. The van der Waals surface area contributed by atoms with E-state index >= 15 is 0 Å². The summed E-state index contributed by atoms with van der Waals surface area (Å²) in [6.07, 6.45) is 2.88. The molecule has 1 atom stereocenters. The second-order valence-electron chi connectivity index (χ2n) is 10.4. The summed E-state index contributed by atoms with van der Waals surface area (Å²) in [5, 5.41) is 11.8. The first-order valence-electron chi connectivity index (χ1n) is 14.0. The number of rotatable bonds is 9. The molecule has 0 fully saturated rings. The fourth-order valence-corrected chi connectivity index (χ4v) is 6.23. The average molecular weight is 620 g/mol. The minimum Gasteiger partial charge on any atom is -0.463 e. The first-order chi connectivity index (χ1) is 20.6. The number of halogens is 1. The highest BCUT2D eigenvalue weighted by molar-refractivity contribution is 7.07. The molecule has 9 nitrogen and oxygen atoms in total. The van der Waals surface area contributed by atoms with Gasteiger partial charge in [-0.3, -0.25) is 19.5 Å². The van der Waals surface area contributed by atoms with E-state index in [0.717, 1.165) is 17.5 Å². The molecule has 0 saturated heterocycles. The first kappa shape index (κ1) is 30.2. The number of carbonyl (C=O) groups excluding carboxylic acids is 1. The van der Waals surface area contributed by atoms with E-state index in [2.05, 4.69) is 13.8 Å². The van der Waals surface area contributed by atoms with Gasteiger partial charge in [0.05, 0.1) is 38.9 Å². The van der Waals surface area contributed by atoms with Crippen molar-refractivity contribution >= 4 is 40.7 Å². The molecular weight excluding hydrogens is 590 g/mol. The smallest absolute Gasteiger partial charge is 0.338 e. The van der Waals surface area contributed by atoms with E-state index in [-0.39, 0.29) is 34.2 Å². The summed E-state index contributed by atoms with van der Waals surface area (Å²) < 4.78 is 13.3. The molecular formula is C32H30ClN3O6S. The van der Waals surface area contributed by atoms with E-state index in [1.165, 1.54) is 23.5 Å². The highest BCUT2D eigenvalue weighted by Gasteiger charge is 2.34. The fraction of sp³-hybridized carbons (Fsp3) is 0.281. The maximum absolute atomic E-state index is 14.0. The maximum atomic E-state index is 14.0. The third-order valence-electron chi connectivity index (χ3n) is 7.13. The molecule has 2 aromatic heterocycles. The van der Waals surface area contributed by atoms with Crippen LogP contribution in [0.3, 0.4) is 0 Å². The number of allylic oxidation sites excluding steroid dienone is 1. The predicted octanol–water partition coefficient (Wildman–Crippen LogP) is 6.52. The molecule has 1 aliphatic heterocycles. The lowest BCUT2D eigenvalue weighted by atomic mass is 9.92. The Morgan fingerprint density at radius 1 is 1.19 bits per heavy atom. The van der Waals surface area contributed by atoms with Crippen molar-refractivity contribution in [3.8, 4) is 11.3 Å². The molecule has 1 aliphatic rings. The van der Waals surface area contributed by atoms with E-state index in [9.17, 15) is 19.7 Å². The number of nitro groups is 1. The van der Waals surface area contributed by atoms with Gasteiger partial charge in [-0.15, -0.1) is 0 Å². The summed E-state index contributed by atoms with van der Waals surface area (Å²) in [4.78, 5) is 43.7. The Kier molecular flexibility index (Phi) is 8.79. The molecule has 0 spiro atoms. The Labute approximate surface area is 256 Å². The van der Waals surface area contributed by atoms with Gasteiger partial charge in [-0.1, -0.05) is 74.4 Å². The van der Waals surface area contributed by atoms with Crippen molar-refractivity contribution in [3.63, 3.8) is 0 Å². The lowest BCUT2D eigenvalue weighted by Gasteiger charge is -2.26. The Bertz CT molecular complexity index is 1920. The molecule has 3 heterocycles. The number of hydrogen-bond donors (Lipinski definition) is 0. The zero-order valence-electron chi connectivity index (χ0n) is 24.1.